The zero-order valence-electron chi connectivity index (χ0n) is 12.8. The molecule has 0 aliphatic rings. The van der Waals surface area contributed by atoms with E-state index in [9.17, 15) is 0 Å². The molecule has 0 saturated carbocycles. The van der Waals surface area contributed by atoms with Gasteiger partial charge in [0.05, 0.1) is 11.6 Å². The maximum atomic E-state index is 8.83. The number of benzene rings is 2. The minimum absolute atomic E-state index is 0.305. The molecule has 2 aromatic rings. The Balaban J connectivity index is 2.14. The van der Waals surface area contributed by atoms with E-state index in [2.05, 4.69) is 11.1 Å². The Morgan fingerprint density at radius 2 is 1.79 bits per heavy atom. The lowest BCUT2D eigenvalue weighted by Crippen LogP contribution is -2.26. The molecule has 0 aliphatic heterocycles. The molecule has 122 valence electrons. The van der Waals surface area contributed by atoms with Gasteiger partial charge in [-0.15, -0.1) is 0 Å². The molecular formula is C17H14Cl2N4S. The number of anilines is 1. The fourth-order valence-corrected chi connectivity index (χ4v) is 2.74. The summed E-state index contributed by atoms with van der Waals surface area (Å²) in [5.74, 6) is 0.315. The van der Waals surface area contributed by atoms with Gasteiger partial charge in [-0.1, -0.05) is 29.3 Å². The number of halogens is 2. The van der Waals surface area contributed by atoms with Gasteiger partial charge in [0.25, 0.3) is 0 Å². The second-order valence-electron chi connectivity index (χ2n) is 4.98. The van der Waals surface area contributed by atoms with Gasteiger partial charge < -0.3 is 10.6 Å². The Labute approximate surface area is 156 Å². The molecule has 24 heavy (non-hydrogen) atoms. The highest BCUT2D eigenvalue weighted by Gasteiger charge is 2.10. The van der Waals surface area contributed by atoms with Gasteiger partial charge in [0.2, 0.25) is 5.11 Å². The Hall–Kier alpha value is -2.13. The van der Waals surface area contributed by atoms with E-state index in [1.807, 2.05) is 0 Å². The van der Waals surface area contributed by atoms with Crippen molar-refractivity contribution in [2.75, 3.05) is 11.9 Å². The van der Waals surface area contributed by atoms with Crippen LogP contribution in [0.2, 0.25) is 10.0 Å². The lowest BCUT2D eigenvalue weighted by Gasteiger charge is -2.17. The number of aliphatic imine (C=N–C) groups is 1. The average Bonchev–Trinajstić information content (AvgIpc) is 2.57. The number of hydrogen-bond donors (Lipinski definition) is 1. The minimum atomic E-state index is 0.305. The Bertz CT molecular complexity index is 805. The van der Waals surface area contributed by atoms with Crippen LogP contribution in [0.4, 0.5) is 5.69 Å². The first kappa shape index (κ1) is 18.2. The van der Waals surface area contributed by atoms with Crippen molar-refractivity contribution in [1.82, 2.24) is 0 Å². The van der Waals surface area contributed by atoms with Crippen LogP contribution in [0.5, 0.6) is 0 Å². The maximum absolute atomic E-state index is 8.83. The van der Waals surface area contributed by atoms with Crippen molar-refractivity contribution in [3.05, 3.63) is 63.6 Å². The van der Waals surface area contributed by atoms with Crippen LogP contribution in [0.3, 0.4) is 0 Å². The quantitative estimate of drug-likeness (QED) is 0.495. The number of nitrogens with two attached hydrogens (primary N) is 1. The van der Waals surface area contributed by atoms with Gasteiger partial charge in [-0.25, -0.2) is 4.99 Å². The highest BCUT2D eigenvalue weighted by molar-refractivity contribution is 7.80. The third-order valence-corrected chi connectivity index (χ3v) is 4.40. The van der Waals surface area contributed by atoms with Crippen LogP contribution in [0.1, 0.15) is 11.1 Å². The zero-order valence-corrected chi connectivity index (χ0v) is 15.2. The summed E-state index contributed by atoms with van der Waals surface area (Å²) in [5, 5.41) is 10.2. The fourth-order valence-electron chi connectivity index (χ4n) is 1.99. The normalized spacial score (nSPS) is 11.0. The average molecular weight is 377 g/mol. The van der Waals surface area contributed by atoms with Crippen LogP contribution in [0, 0.1) is 11.3 Å². The van der Waals surface area contributed by atoms with E-state index < -0.39 is 0 Å². The van der Waals surface area contributed by atoms with Crippen LogP contribution in [0.25, 0.3) is 0 Å². The number of thiocarbonyl (C=S) groups is 1. The molecule has 0 amide bonds. The molecule has 2 N–H and O–H groups in total. The summed E-state index contributed by atoms with van der Waals surface area (Å²) < 4.78 is 0. The van der Waals surface area contributed by atoms with E-state index in [0.29, 0.717) is 38.5 Å². The molecule has 0 unspecified atom stereocenters. The fraction of sp³-hybridized carbons (Fsp3) is 0.118. The molecule has 0 atom stereocenters. The van der Waals surface area contributed by atoms with Crippen molar-refractivity contribution >= 4 is 52.1 Å². The molecule has 4 nitrogen and oxygen atoms in total. The van der Waals surface area contributed by atoms with Crippen LogP contribution in [-0.2, 0) is 6.42 Å². The Morgan fingerprint density at radius 3 is 2.33 bits per heavy atom. The predicted molar refractivity (Wildman–Crippen MR) is 104 cm³/mol. The predicted octanol–water partition coefficient (Wildman–Crippen LogP) is 4.19. The molecule has 0 spiro atoms. The van der Waals surface area contributed by atoms with Crippen LogP contribution >= 0.6 is 35.4 Å². The molecule has 2 aromatic carbocycles. The molecular weight excluding hydrogens is 363 g/mol. The standard InChI is InChI=1S/C17H14Cl2N4S/c1-23(12-7-5-11(10-20)6-8-12)17(24)22-16(21)9-13-14(18)3-2-4-15(13)19/h2-8H,9H2,1H3,(H2,21,22,24). The molecule has 0 bridgehead atoms. The molecule has 0 heterocycles. The highest BCUT2D eigenvalue weighted by Crippen LogP contribution is 2.24. The van der Waals surface area contributed by atoms with Crippen LogP contribution in [0.15, 0.2) is 47.5 Å². The third-order valence-electron chi connectivity index (χ3n) is 3.33. The van der Waals surface area contributed by atoms with Crippen molar-refractivity contribution < 1.29 is 0 Å². The number of nitriles is 1. The van der Waals surface area contributed by atoms with E-state index in [-0.39, 0.29) is 0 Å². The summed E-state index contributed by atoms with van der Waals surface area (Å²) in [5.41, 5.74) is 8.08. The van der Waals surface area contributed by atoms with E-state index in [1.165, 1.54) is 0 Å². The molecule has 0 aliphatic carbocycles. The summed E-state index contributed by atoms with van der Waals surface area (Å²) in [7, 11) is 1.78. The van der Waals surface area contributed by atoms with Gasteiger partial charge in [0, 0.05) is 29.2 Å². The van der Waals surface area contributed by atoms with Crippen LogP contribution in [-0.4, -0.2) is 18.0 Å². The van der Waals surface area contributed by atoms with E-state index in [4.69, 9.17) is 46.4 Å². The number of rotatable bonds is 3. The summed E-state index contributed by atoms with van der Waals surface area (Å²) >= 11 is 17.6. The van der Waals surface area contributed by atoms with Gasteiger partial charge in [0.15, 0.2) is 0 Å². The lowest BCUT2D eigenvalue weighted by molar-refractivity contribution is 1.23. The first-order chi connectivity index (χ1) is 11.4. The molecule has 0 saturated heterocycles. The van der Waals surface area contributed by atoms with Crippen LogP contribution < -0.4 is 10.6 Å². The van der Waals surface area contributed by atoms with Crippen molar-refractivity contribution in [3.63, 3.8) is 0 Å². The Morgan fingerprint density at radius 1 is 1.21 bits per heavy atom. The molecule has 7 heteroatoms. The molecule has 0 aromatic heterocycles. The summed E-state index contributed by atoms with van der Waals surface area (Å²) in [6, 6.07) is 14.3. The SMILES string of the molecule is CN(C(=S)N=C(N)Cc1c(Cl)cccc1Cl)c1ccc(C#N)cc1. The second kappa shape index (κ2) is 8.11. The third kappa shape index (κ3) is 4.45. The van der Waals surface area contributed by atoms with Crippen molar-refractivity contribution in [3.8, 4) is 6.07 Å². The topological polar surface area (TPSA) is 65.4 Å². The summed E-state index contributed by atoms with van der Waals surface area (Å²) in [4.78, 5) is 5.95. The van der Waals surface area contributed by atoms with Crippen molar-refractivity contribution in [2.24, 2.45) is 10.7 Å². The largest absolute Gasteiger partial charge is 0.387 e. The number of amidine groups is 1. The monoisotopic (exact) mass is 376 g/mol. The minimum Gasteiger partial charge on any atom is -0.387 e. The number of nitrogens with zero attached hydrogens (tertiary/aromatic N) is 3. The maximum Gasteiger partial charge on any atom is 0.201 e. The zero-order chi connectivity index (χ0) is 17.7. The number of hydrogen-bond acceptors (Lipinski definition) is 2. The molecule has 0 radical (unpaired) electrons. The first-order valence-corrected chi connectivity index (χ1v) is 8.12. The van der Waals surface area contributed by atoms with E-state index in [0.717, 1.165) is 5.69 Å². The molecule has 0 fully saturated rings. The van der Waals surface area contributed by atoms with Crippen molar-refractivity contribution in [1.29, 1.82) is 5.26 Å². The van der Waals surface area contributed by atoms with Gasteiger partial charge in [-0.3, -0.25) is 0 Å². The lowest BCUT2D eigenvalue weighted by atomic mass is 10.1. The van der Waals surface area contributed by atoms with Gasteiger partial charge >= 0.3 is 0 Å². The Kier molecular flexibility index (Phi) is 6.16. The first-order valence-electron chi connectivity index (χ1n) is 6.96. The van der Waals surface area contributed by atoms with E-state index in [1.54, 1.807) is 54.4 Å². The van der Waals surface area contributed by atoms with E-state index >= 15 is 0 Å². The summed E-state index contributed by atoms with van der Waals surface area (Å²) in [6.45, 7) is 0. The highest BCUT2D eigenvalue weighted by atomic mass is 35.5. The van der Waals surface area contributed by atoms with Crippen molar-refractivity contribution in [2.45, 2.75) is 6.42 Å². The van der Waals surface area contributed by atoms with Gasteiger partial charge in [-0.2, -0.15) is 5.26 Å². The summed E-state index contributed by atoms with van der Waals surface area (Å²) in [6.07, 6.45) is 0.305. The molecule has 2 rings (SSSR count). The second-order valence-corrected chi connectivity index (χ2v) is 6.16. The smallest absolute Gasteiger partial charge is 0.201 e. The van der Waals surface area contributed by atoms with Gasteiger partial charge in [0.1, 0.15) is 5.84 Å². The van der Waals surface area contributed by atoms with Gasteiger partial charge in [-0.05, 0) is 54.2 Å².